The van der Waals surface area contributed by atoms with E-state index in [9.17, 15) is 14.3 Å². The first-order valence-electron chi connectivity index (χ1n) is 8.33. The third-order valence-corrected chi connectivity index (χ3v) is 4.71. The summed E-state index contributed by atoms with van der Waals surface area (Å²) in [6, 6.07) is 7.91. The number of aryl methyl sites for hydroxylation is 1. The van der Waals surface area contributed by atoms with Crippen LogP contribution in [0.25, 0.3) is 5.69 Å². The molecule has 0 aliphatic carbocycles. The predicted octanol–water partition coefficient (Wildman–Crippen LogP) is 1.84. The van der Waals surface area contributed by atoms with Crippen molar-refractivity contribution in [2.45, 2.75) is 19.8 Å². The van der Waals surface area contributed by atoms with Crippen molar-refractivity contribution >= 4 is 5.91 Å². The molecular formula is C18H22FN3O3. The number of ether oxygens (including phenoxy) is 1. The molecule has 0 spiro atoms. The van der Waals surface area contributed by atoms with E-state index in [0.717, 1.165) is 0 Å². The average Bonchev–Trinajstić information content (AvgIpc) is 3.02. The van der Waals surface area contributed by atoms with Crippen LogP contribution in [0, 0.1) is 18.2 Å². The molecule has 0 unspecified atom stereocenters. The van der Waals surface area contributed by atoms with Crippen LogP contribution in [0.3, 0.4) is 0 Å². The van der Waals surface area contributed by atoms with Gasteiger partial charge < -0.3 is 15.2 Å². The molecule has 3 rings (SSSR count). The van der Waals surface area contributed by atoms with Crippen LogP contribution in [0.4, 0.5) is 4.39 Å². The van der Waals surface area contributed by atoms with Gasteiger partial charge in [0.25, 0.3) is 5.91 Å². The van der Waals surface area contributed by atoms with Gasteiger partial charge in [-0.05, 0) is 38.0 Å². The molecule has 1 aliphatic heterocycles. The molecule has 7 heteroatoms. The van der Waals surface area contributed by atoms with E-state index >= 15 is 0 Å². The lowest BCUT2D eigenvalue weighted by molar-refractivity contribution is -0.0146. The van der Waals surface area contributed by atoms with Gasteiger partial charge in [0.1, 0.15) is 11.5 Å². The Morgan fingerprint density at radius 2 is 2.12 bits per heavy atom. The number of hydrogen-bond acceptors (Lipinski definition) is 4. The van der Waals surface area contributed by atoms with Crippen molar-refractivity contribution in [2.75, 3.05) is 26.4 Å². The fourth-order valence-corrected chi connectivity index (χ4v) is 3.01. The van der Waals surface area contributed by atoms with E-state index in [2.05, 4.69) is 10.4 Å². The van der Waals surface area contributed by atoms with Crippen molar-refractivity contribution in [3.05, 3.63) is 47.5 Å². The molecule has 0 atom stereocenters. The van der Waals surface area contributed by atoms with E-state index in [-0.39, 0.29) is 23.6 Å². The fourth-order valence-electron chi connectivity index (χ4n) is 3.01. The van der Waals surface area contributed by atoms with Crippen LogP contribution in [-0.4, -0.2) is 47.2 Å². The number of aromatic nitrogens is 2. The van der Waals surface area contributed by atoms with Gasteiger partial charge >= 0.3 is 0 Å². The first-order valence-corrected chi connectivity index (χ1v) is 8.33. The highest BCUT2D eigenvalue weighted by molar-refractivity contribution is 5.92. The van der Waals surface area contributed by atoms with Gasteiger partial charge in [0, 0.05) is 30.9 Å². The molecule has 6 nitrogen and oxygen atoms in total. The van der Waals surface area contributed by atoms with Gasteiger partial charge in [-0.15, -0.1) is 0 Å². The number of benzene rings is 1. The molecule has 0 bridgehead atoms. The third kappa shape index (κ3) is 3.72. The molecule has 1 fully saturated rings. The zero-order valence-electron chi connectivity index (χ0n) is 14.2. The number of nitrogens with one attached hydrogen (secondary N) is 1. The Bertz CT molecular complexity index is 754. The minimum Gasteiger partial charge on any atom is -0.396 e. The summed E-state index contributed by atoms with van der Waals surface area (Å²) in [6.07, 6.45) is 1.40. The summed E-state index contributed by atoms with van der Waals surface area (Å²) in [5.41, 5.74) is 0.839. The van der Waals surface area contributed by atoms with Crippen LogP contribution in [0.15, 0.2) is 30.3 Å². The largest absolute Gasteiger partial charge is 0.396 e. The number of halogens is 1. The molecule has 1 saturated heterocycles. The monoisotopic (exact) mass is 347 g/mol. The van der Waals surface area contributed by atoms with E-state index in [1.54, 1.807) is 31.2 Å². The molecule has 1 aromatic heterocycles. The Kier molecular flexibility index (Phi) is 5.15. The van der Waals surface area contributed by atoms with Gasteiger partial charge in [-0.2, -0.15) is 5.10 Å². The highest BCUT2D eigenvalue weighted by atomic mass is 19.1. The van der Waals surface area contributed by atoms with Gasteiger partial charge in [-0.1, -0.05) is 12.1 Å². The predicted molar refractivity (Wildman–Crippen MR) is 90.2 cm³/mol. The minimum atomic E-state index is -0.401. The second-order valence-corrected chi connectivity index (χ2v) is 6.49. The zero-order chi connectivity index (χ0) is 17.9. The van der Waals surface area contributed by atoms with Crippen LogP contribution >= 0.6 is 0 Å². The highest BCUT2D eigenvalue weighted by Gasteiger charge is 2.32. The lowest BCUT2D eigenvalue weighted by Gasteiger charge is -2.35. The van der Waals surface area contributed by atoms with Gasteiger partial charge in [0.15, 0.2) is 5.69 Å². The van der Waals surface area contributed by atoms with Crippen molar-refractivity contribution in [3.8, 4) is 5.69 Å². The Morgan fingerprint density at radius 1 is 1.40 bits per heavy atom. The maximum atomic E-state index is 14.0. The Morgan fingerprint density at radius 3 is 2.80 bits per heavy atom. The molecule has 1 aromatic carbocycles. The maximum Gasteiger partial charge on any atom is 0.271 e. The number of aliphatic hydroxyl groups excluding tert-OH is 1. The van der Waals surface area contributed by atoms with Crippen LogP contribution < -0.4 is 5.32 Å². The smallest absolute Gasteiger partial charge is 0.271 e. The van der Waals surface area contributed by atoms with E-state index in [0.29, 0.717) is 44.0 Å². The maximum absolute atomic E-state index is 14.0. The number of hydrogen-bond donors (Lipinski definition) is 2. The molecule has 134 valence electrons. The van der Waals surface area contributed by atoms with E-state index < -0.39 is 5.82 Å². The van der Waals surface area contributed by atoms with Crippen LogP contribution in [0.5, 0.6) is 0 Å². The van der Waals surface area contributed by atoms with Crippen molar-refractivity contribution in [1.82, 2.24) is 15.1 Å². The third-order valence-electron chi connectivity index (χ3n) is 4.71. The zero-order valence-corrected chi connectivity index (χ0v) is 14.2. The van der Waals surface area contributed by atoms with Gasteiger partial charge in [0.05, 0.1) is 6.61 Å². The summed E-state index contributed by atoms with van der Waals surface area (Å²) in [7, 11) is 0. The Balaban J connectivity index is 1.73. The topological polar surface area (TPSA) is 76.4 Å². The van der Waals surface area contributed by atoms with Crippen LogP contribution in [0.2, 0.25) is 0 Å². The Hall–Kier alpha value is -2.25. The lowest BCUT2D eigenvalue weighted by Crippen LogP contribution is -2.43. The lowest BCUT2D eigenvalue weighted by atomic mass is 9.81. The van der Waals surface area contributed by atoms with E-state index in [1.807, 2.05) is 0 Å². The number of carbonyl (C=O) groups is 1. The number of aliphatic hydroxyl groups is 1. The van der Waals surface area contributed by atoms with Gasteiger partial charge in [0.2, 0.25) is 0 Å². The first-order chi connectivity index (χ1) is 12.0. The fraction of sp³-hybridized carbons (Fsp3) is 0.444. The molecule has 2 aromatic rings. The summed E-state index contributed by atoms with van der Waals surface area (Å²) >= 11 is 0. The number of amides is 1. The quantitative estimate of drug-likeness (QED) is 0.865. The second-order valence-electron chi connectivity index (χ2n) is 6.49. The summed E-state index contributed by atoms with van der Waals surface area (Å²) < 4.78 is 20.7. The first kappa shape index (κ1) is 17.6. The number of para-hydroxylation sites is 1. The van der Waals surface area contributed by atoms with Crippen molar-refractivity contribution < 1.29 is 19.0 Å². The second kappa shape index (κ2) is 7.33. The van der Waals surface area contributed by atoms with Gasteiger partial charge in [-0.25, -0.2) is 9.07 Å². The molecule has 1 aliphatic rings. The van der Waals surface area contributed by atoms with Crippen LogP contribution in [0.1, 0.15) is 29.0 Å². The van der Waals surface area contributed by atoms with E-state index in [4.69, 9.17) is 4.74 Å². The molecule has 0 radical (unpaired) electrons. The number of rotatable bonds is 5. The Labute approximate surface area is 145 Å². The normalized spacial score (nSPS) is 16.6. The summed E-state index contributed by atoms with van der Waals surface area (Å²) in [5.74, 6) is -0.736. The molecule has 0 saturated carbocycles. The molecule has 25 heavy (non-hydrogen) atoms. The molecule has 2 N–H and O–H groups in total. The van der Waals surface area contributed by atoms with Gasteiger partial charge in [-0.3, -0.25) is 4.79 Å². The molecule has 1 amide bonds. The molecular weight excluding hydrogens is 325 g/mol. The van der Waals surface area contributed by atoms with Crippen LogP contribution in [-0.2, 0) is 4.74 Å². The van der Waals surface area contributed by atoms with Crippen molar-refractivity contribution in [1.29, 1.82) is 0 Å². The highest BCUT2D eigenvalue weighted by Crippen LogP contribution is 2.29. The SMILES string of the molecule is Cc1cc(C(=O)NCC2(CO)CCOCC2)nn1-c1ccccc1F. The minimum absolute atomic E-state index is 0.000660. The summed E-state index contributed by atoms with van der Waals surface area (Å²) in [5, 5.41) is 16.8. The average molecular weight is 347 g/mol. The summed E-state index contributed by atoms with van der Waals surface area (Å²) in [6.45, 7) is 3.29. The number of nitrogens with zero attached hydrogens (tertiary/aromatic N) is 2. The van der Waals surface area contributed by atoms with E-state index in [1.165, 1.54) is 10.7 Å². The van der Waals surface area contributed by atoms with Crippen molar-refractivity contribution in [2.24, 2.45) is 5.41 Å². The molecule has 2 heterocycles. The summed E-state index contributed by atoms with van der Waals surface area (Å²) in [4.78, 5) is 12.4. The van der Waals surface area contributed by atoms with Crippen molar-refractivity contribution in [3.63, 3.8) is 0 Å². The number of carbonyl (C=O) groups excluding carboxylic acids is 1. The standard InChI is InChI=1S/C18H22FN3O3/c1-13-10-15(21-22(13)16-5-3-2-4-14(16)19)17(24)20-11-18(12-23)6-8-25-9-7-18/h2-5,10,23H,6-9,11-12H2,1H3,(H,20,24).